The zero-order valence-electron chi connectivity index (χ0n) is 23.7. The van der Waals surface area contributed by atoms with Gasteiger partial charge in [-0.25, -0.2) is 0 Å². The predicted molar refractivity (Wildman–Crippen MR) is 166 cm³/mol. The molecule has 1 atom stereocenters. The van der Waals surface area contributed by atoms with Crippen LogP contribution in [0.4, 0.5) is 11.8 Å². The minimum absolute atomic E-state index is 0.0877. The summed E-state index contributed by atoms with van der Waals surface area (Å²) < 4.78 is 1.94. The lowest BCUT2D eigenvalue weighted by Crippen LogP contribution is -2.36. The first kappa shape index (κ1) is 30.2. The Kier molecular flexibility index (Phi) is 11.5. The highest BCUT2D eigenvalue weighted by atomic mass is 35.5. The Labute approximate surface area is 248 Å². The molecule has 0 spiro atoms. The molecule has 1 aromatic carbocycles. The number of nitrogens with zero attached hydrogens (tertiary/aromatic N) is 4. The highest BCUT2D eigenvalue weighted by Gasteiger charge is 2.22. The molecular formula is C31H42Cl2N6O. The first-order chi connectivity index (χ1) is 19.4. The van der Waals surface area contributed by atoms with Gasteiger partial charge in [-0.15, -0.1) is 0 Å². The van der Waals surface area contributed by atoms with E-state index in [1.807, 2.05) is 35.2 Å². The largest absolute Gasteiger partial charge is 0.361 e. The normalized spacial score (nSPS) is 17.6. The van der Waals surface area contributed by atoms with Crippen molar-refractivity contribution in [1.29, 1.82) is 0 Å². The number of carbonyl (C=O) groups is 1. The lowest BCUT2D eigenvalue weighted by atomic mass is 9.91. The van der Waals surface area contributed by atoms with Crippen LogP contribution < -0.4 is 15.5 Å². The van der Waals surface area contributed by atoms with E-state index in [-0.39, 0.29) is 12.5 Å². The highest BCUT2D eigenvalue weighted by Crippen LogP contribution is 2.25. The fourth-order valence-electron chi connectivity index (χ4n) is 5.25. The van der Waals surface area contributed by atoms with Crippen LogP contribution in [-0.4, -0.2) is 40.1 Å². The van der Waals surface area contributed by atoms with Crippen LogP contribution in [0.15, 0.2) is 48.8 Å². The Morgan fingerprint density at radius 3 is 2.48 bits per heavy atom. The third-order valence-electron chi connectivity index (χ3n) is 7.76. The minimum Gasteiger partial charge on any atom is -0.361 e. The van der Waals surface area contributed by atoms with E-state index in [0.29, 0.717) is 34.3 Å². The Bertz CT molecular complexity index is 1210. The number of aromatic nitrogens is 3. The molecule has 216 valence electrons. The number of hydrogen-bond acceptors (Lipinski definition) is 5. The van der Waals surface area contributed by atoms with Gasteiger partial charge in [0.05, 0.1) is 6.54 Å². The van der Waals surface area contributed by atoms with Gasteiger partial charge < -0.3 is 20.1 Å². The summed E-state index contributed by atoms with van der Waals surface area (Å²) in [6, 6.07) is 11.0. The Morgan fingerprint density at radius 2 is 1.80 bits per heavy atom. The standard InChI is InChI=1S/C24H28Cl2N6O.C7H14/c1-2-17-6-5-11-32(16-17)24-29-21(13-22(30-24)31-9-3-4-10-31)27-15-23(33)28-14-18-7-8-19(25)12-20(18)26;1-7-5-3-2-4-6-7/h3-4,7-10,12-13,17H,2,5-6,11,14-16H2,1H3,(H,28,33)(H,27,29,30);7H,2-6H2,1H3. The van der Waals surface area contributed by atoms with Crippen molar-refractivity contribution in [2.24, 2.45) is 11.8 Å². The monoisotopic (exact) mass is 584 g/mol. The summed E-state index contributed by atoms with van der Waals surface area (Å²) in [5, 5.41) is 7.12. The van der Waals surface area contributed by atoms with Gasteiger partial charge in [-0.05, 0) is 54.5 Å². The number of carbonyl (C=O) groups excluding carboxylic acids is 1. The van der Waals surface area contributed by atoms with Gasteiger partial charge in [0.25, 0.3) is 0 Å². The summed E-state index contributed by atoms with van der Waals surface area (Å²) in [5.41, 5.74) is 0.809. The molecule has 2 aromatic heterocycles. The summed E-state index contributed by atoms with van der Waals surface area (Å²) in [5.74, 6) is 3.60. The average molecular weight is 586 g/mol. The van der Waals surface area contributed by atoms with Crippen LogP contribution in [0, 0.1) is 11.8 Å². The number of benzene rings is 1. The van der Waals surface area contributed by atoms with Crippen molar-refractivity contribution in [3.63, 3.8) is 0 Å². The van der Waals surface area contributed by atoms with Crippen molar-refractivity contribution >= 4 is 40.9 Å². The molecule has 3 heterocycles. The zero-order chi connectivity index (χ0) is 28.3. The third kappa shape index (κ3) is 9.13. The number of piperidine rings is 1. The average Bonchev–Trinajstić information content (AvgIpc) is 3.52. The van der Waals surface area contributed by atoms with E-state index in [9.17, 15) is 4.79 Å². The molecule has 2 aliphatic rings. The lowest BCUT2D eigenvalue weighted by molar-refractivity contribution is -0.119. The SMILES string of the molecule is CC1CCCCC1.CCC1CCCN(c2nc(NCC(=O)NCc3ccc(Cl)cc3Cl)cc(-n3cccc3)n2)C1. The molecule has 1 aliphatic carbocycles. The second kappa shape index (κ2) is 15.3. The summed E-state index contributed by atoms with van der Waals surface area (Å²) in [7, 11) is 0. The molecular weight excluding hydrogens is 543 g/mol. The predicted octanol–water partition coefficient (Wildman–Crippen LogP) is 7.52. The summed E-state index contributed by atoms with van der Waals surface area (Å²) in [4.78, 5) is 24.2. The first-order valence-corrected chi connectivity index (χ1v) is 15.4. The number of amides is 1. The number of rotatable bonds is 8. The van der Waals surface area contributed by atoms with Crippen molar-refractivity contribution in [3.05, 3.63) is 64.4 Å². The van der Waals surface area contributed by atoms with E-state index < -0.39 is 0 Å². The maximum absolute atomic E-state index is 12.4. The lowest BCUT2D eigenvalue weighted by Gasteiger charge is -2.32. The maximum atomic E-state index is 12.4. The van der Waals surface area contributed by atoms with E-state index in [0.717, 1.165) is 43.2 Å². The minimum atomic E-state index is -0.160. The second-order valence-electron chi connectivity index (χ2n) is 11.0. The van der Waals surface area contributed by atoms with Crippen LogP contribution in [0.3, 0.4) is 0 Å². The van der Waals surface area contributed by atoms with Gasteiger partial charge in [-0.1, -0.05) is 81.6 Å². The van der Waals surface area contributed by atoms with Gasteiger partial charge in [-0.2, -0.15) is 9.97 Å². The molecule has 1 saturated carbocycles. The molecule has 0 bridgehead atoms. The second-order valence-corrected chi connectivity index (χ2v) is 11.8. The third-order valence-corrected chi connectivity index (χ3v) is 8.35. The molecule has 1 aliphatic heterocycles. The van der Waals surface area contributed by atoms with Crippen LogP contribution in [-0.2, 0) is 11.3 Å². The van der Waals surface area contributed by atoms with Gasteiger partial charge in [-0.3, -0.25) is 4.79 Å². The molecule has 5 rings (SSSR count). The molecule has 3 aromatic rings. The molecule has 0 radical (unpaired) electrons. The van der Waals surface area contributed by atoms with E-state index >= 15 is 0 Å². The molecule has 9 heteroatoms. The van der Waals surface area contributed by atoms with Crippen LogP contribution in [0.25, 0.3) is 5.82 Å². The molecule has 1 saturated heterocycles. The summed E-state index contributed by atoms with van der Waals surface area (Å²) in [6.45, 7) is 6.89. The topological polar surface area (TPSA) is 75.1 Å². The van der Waals surface area contributed by atoms with Gasteiger partial charge in [0.15, 0.2) is 0 Å². The van der Waals surface area contributed by atoms with Crippen LogP contribution in [0.5, 0.6) is 0 Å². The molecule has 1 unspecified atom stereocenters. The van der Waals surface area contributed by atoms with Crippen LogP contribution in [0.1, 0.15) is 70.8 Å². The number of nitrogens with one attached hydrogen (secondary N) is 2. The van der Waals surface area contributed by atoms with Gasteiger partial charge in [0.1, 0.15) is 11.6 Å². The van der Waals surface area contributed by atoms with E-state index in [1.165, 1.54) is 38.5 Å². The van der Waals surface area contributed by atoms with E-state index in [2.05, 4.69) is 29.4 Å². The fraction of sp³-hybridized carbons (Fsp3) is 0.516. The van der Waals surface area contributed by atoms with Crippen molar-refractivity contribution in [2.75, 3.05) is 29.9 Å². The van der Waals surface area contributed by atoms with Gasteiger partial charge in [0.2, 0.25) is 11.9 Å². The van der Waals surface area contributed by atoms with Gasteiger partial charge >= 0.3 is 0 Å². The van der Waals surface area contributed by atoms with Crippen molar-refractivity contribution in [2.45, 2.75) is 71.8 Å². The van der Waals surface area contributed by atoms with Crippen molar-refractivity contribution in [3.8, 4) is 5.82 Å². The molecule has 7 nitrogen and oxygen atoms in total. The number of anilines is 2. The van der Waals surface area contributed by atoms with Crippen LogP contribution >= 0.6 is 23.2 Å². The molecule has 40 heavy (non-hydrogen) atoms. The van der Waals surface area contributed by atoms with E-state index in [1.54, 1.807) is 18.2 Å². The summed E-state index contributed by atoms with van der Waals surface area (Å²) >= 11 is 12.1. The van der Waals surface area contributed by atoms with Crippen LogP contribution in [0.2, 0.25) is 10.0 Å². The highest BCUT2D eigenvalue weighted by molar-refractivity contribution is 6.35. The molecule has 2 fully saturated rings. The van der Waals surface area contributed by atoms with Gasteiger partial charge in [0, 0.05) is 48.1 Å². The molecule has 2 N–H and O–H groups in total. The Morgan fingerprint density at radius 1 is 1.02 bits per heavy atom. The fourth-order valence-corrected chi connectivity index (χ4v) is 5.73. The number of halogens is 2. The quantitative estimate of drug-likeness (QED) is 0.286. The van der Waals surface area contributed by atoms with E-state index in [4.69, 9.17) is 33.2 Å². The Balaban J connectivity index is 0.000000461. The summed E-state index contributed by atoms with van der Waals surface area (Å²) in [6.07, 6.45) is 14.9. The van der Waals surface area contributed by atoms with Crippen molar-refractivity contribution in [1.82, 2.24) is 19.9 Å². The smallest absolute Gasteiger partial charge is 0.239 e. The first-order valence-electron chi connectivity index (χ1n) is 14.6. The maximum Gasteiger partial charge on any atom is 0.239 e. The van der Waals surface area contributed by atoms with Crippen molar-refractivity contribution < 1.29 is 4.79 Å². The Hall–Kier alpha value is -2.77. The molecule has 1 amide bonds. The zero-order valence-corrected chi connectivity index (χ0v) is 25.2. The number of hydrogen-bond donors (Lipinski definition) is 2.